The van der Waals surface area contributed by atoms with E-state index in [1.165, 1.54) is 6.07 Å². The molecule has 0 aliphatic rings. The Balaban J connectivity index is 2.42. The van der Waals surface area contributed by atoms with Crippen molar-refractivity contribution in [1.29, 1.82) is 5.26 Å². The number of rotatable bonds is 6. The van der Waals surface area contributed by atoms with E-state index >= 15 is 0 Å². The van der Waals surface area contributed by atoms with Gasteiger partial charge < -0.3 is 0 Å². The lowest BCUT2D eigenvalue weighted by Crippen LogP contribution is -2.27. The molecule has 0 N–H and O–H groups in total. The van der Waals surface area contributed by atoms with Crippen LogP contribution in [0.3, 0.4) is 0 Å². The Morgan fingerprint density at radius 3 is 2.83 bits per heavy atom. The quantitative estimate of drug-likeness (QED) is 0.774. The van der Waals surface area contributed by atoms with Crippen molar-refractivity contribution in [1.82, 2.24) is 4.90 Å². The highest BCUT2D eigenvalue weighted by atomic mass is 19.1. The molecule has 0 aliphatic heterocycles. The molecule has 4 heteroatoms. The molecule has 0 atom stereocenters. The molecule has 1 rings (SSSR count). The molecule has 1 aromatic rings. The summed E-state index contributed by atoms with van der Waals surface area (Å²) in [5, 5.41) is 8.39. The van der Waals surface area contributed by atoms with E-state index in [-0.39, 0.29) is 24.6 Å². The molecule has 0 fully saturated rings. The standard InChI is InChI=1S/C14H17FN2O/c1-11-9-12(3-4-14(11)15)6-8-17(2)10-13(18)5-7-16/h3-4,9H,5-6,8,10H2,1-2H3. The van der Waals surface area contributed by atoms with Crippen LogP contribution in [0.5, 0.6) is 0 Å². The molecule has 0 bridgehead atoms. The normalized spacial score (nSPS) is 10.4. The predicted molar refractivity (Wildman–Crippen MR) is 67.6 cm³/mol. The Kier molecular flexibility index (Phi) is 5.47. The Labute approximate surface area is 107 Å². The molecule has 96 valence electrons. The summed E-state index contributed by atoms with van der Waals surface area (Å²) >= 11 is 0. The first-order valence-corrected chi connectivity index (χ1v) is 5.85. The molecule has 0 unspecified atom stereocenters. The molecule has 18 heavy (non-hydrogen) atoms. The summed E-state index contributed by atoms with van der Waals surface area (Å²) in [6, 6.07) is 6.88. The number of carbonyl (C=O) groups is 1. The number of likely N-dealkylation sites (N-methyl/N-ethyl adjacent to an activating group) is 1. The van der Waals surface area contributed by atoms with Gasteiger partial charge in [0, 0.05) is 6.54 Å². The first-order valence-electron chi connectivity index (χ1n) is 5.85. The second-order valence-corrected chi connectivity index (χ2v) is 4.44. The van der Waals surface area contributed by atoms with Crippen LogP contribution in [-0.4, -0.2) is 30.8 Å². The van der Waals surface area contributed by atoms with Crippen molar-refractivity contribution < 1.29 is 9.18 Å². The minimum Gasteiger partial charge on any atom is -0.299 e. The summed E-state index contributed by atoms with van der Waals surface area (Å²) in [5.41, 5.74) is 1.68. The Morgan fingerprint density at radius 1 is 1.50 bits per heavy atom. The van der Waals surface area contributed by atoms with Gasteiger partial charge in [-0.05, 0) is 37.6 Å². The third-order valence-corrected chi connectivity index (χ3v) is 2.73. The Hall–Kier alpha value is -1.73. The summed E-state index contributed by atoms with van der Waals surface area (Å²) < 4.78 is 13.1. The number of carbonyl (C=O) groups excluding carboxylic acids is 1. The zero-order valence-electron chi connectivity index (χ0n) is 10.7. The van der Waals surface area contributed by atoms with Gasteiger partial charge >= 0.3 is 0 Å². The van der Waals surface area contributed by atoms with Crippen molar-refractivity contribution in [2.45, 2.75) is 19.8 Å². The van der Waals surface area contributed by atoms with Gasteiger partial charge in [0.25, 0.3) is 0 Å². The summed E-state index contributed by atoms with van der Waals surface area (Å²) in [7, 11) is 1.84. The first-order chi connectivity index (χ1) is 8.52. The van der Waals surface area contributed by atoms with Crippen molar-refractivity contribution in [3.05, 3.63) is 35.1 Å². The zero-order chi connectivity index (χ0) is 13.5. The molecule has 0 amide bonds. The lowest BCUT2D eigenvalue weighted by molar-refractivity contribution is -0.118. The molecule has 0 saturated heterocycles. The molecule has 3 nitrogen and oxygen atoms in total. The molecular formula is C14H17FN2O. The SMILES string of the molecule is Cc1cc(CCN(C)CC(=O)CC#N)ccc1F. The predicted octanol–water partition coefficient (Wildman–Crippen LogP) is 2.09. The lowest BCUT2D eigenvalue weighted by atomic mass is 10.1. The maximum atomic E-state index is 13.1. The van der Waals surface area contributed by atoms with Gasteiger partial charge in [0.1, 0.15) is 5.82 Å². The second-order valence-electron chi connectivity index (χ2n) is 4.44. The van der Waals surface area contributed by atoms with Crippen molar-refractivity contribution >= 4 is 5.78 Å². The smallest absolute Gasteiger partial charge is 0.160 e. The molecule has 0 radical (unpaired) electrons. The van der Waals surface area contributed by atoms with Crippen molar-refractivity contribution in [2.75, 3.05) is 20.1 Å². The third-order valence-electron chi connectivity index (χ3n) is 2.73. The summed E-state index contributed by atoms with van der Waals surface area (Å²) in [6.07, 6.45) is 0.720. The Bertz CT molecular complexity index is 465. The van der Waals surface area contributed by atoms with Crippen molar-refractivity contribution in [2.24, 2.45) is 0 Å². The number of Topliss-reactive ketones (excluding diaryl/α,β-unsaturated/α-hetero) is 1. The molecule has 0 heterocycles. The van der Waals surface area contributed by atoms with Crippen molar-refractivity contribution in [3.63, 3.8) is 0 Å². The van der Waals surface area contributed by atoms with Crippen molar-refractivity contribution in [3.8, 4) is 6.07 Å². The number of hydrogen-bond donors (Lipinski definition) is 0. The number of ketones is 1. The highest BCUT2D eigenvalue weighted by molar-refractivity contribution is 5.82. The number of aryl methyl sites for hydroxylation is 1. The van der Waals surface area contributed by atoms with Gasteiger partial charge in [0.15, 0.2) is 5.78 Å². The average Bonchev–Trinajstić information content (AvgIpc) is 2.31. The summed E-state index contributed by atoms with van der Waals surface area (Å²) in [6.45, 7) is 2.73. The fourth-order valence-corrected chi connectivity index (χ4v) is 1.71. The third kappa shape index (κ3) is 4.64. The van der Waals surface area contributed by atoms with Crippen LogP contribution in [0.25, 0.3) is 0 Å². The molecule has 0 aromatic heterocycles. The number of nitriles is 1. The summed E-state index contributed by atoms with van der Waals surface area (Å²) in [5.74, 6) is -0.272. The fourth-order valence-electron chi connectivity index (χ4n) is 1.71. The van der Waals surface area contributed by atoms with Crippen LogP contribution < -0.4 is 0 Å². The largest absolute Gasteiger partial charge is 0.299 e. The van der Waals surface area contributed by atoms with E-state index in [2.05, 4.69) is 0 Å². The van der Waals surface area contributed by atoms with Gasteiger partial charge in [-0.25, -0.2) is 4.39 Å². The van der Waals surface area contributed by atoms with Crippen LogP contribution >= 0.6 is 0 Å². The molecule has 0 aliphatic carbocycles. The number of halogens is 1. The Morgan fingerprint density at radius 2 is 2.22 bits per heavy atom. The molecule has 1 aromatic carbocycles. The van der Waals surface area contributed by atoms with Crippen LogP contribution in [0, 0.1) is 24.1 Å². The van der Waals surface area contributed by atoms with Gasteiger partial charge in [-0.3, -0.25) is 9.69 Å². The highest BCUT2D eigenvalue weighted by Gasteiger charge is 2.06. The summed E-state index contributed by atoms with van der Waals surface area (Å²) in [4.78, 5) is 13.1. The van der Waals surface area contributed by atoms with Gasteiger partial charge in [-0.15, -0.1) is 0 Å². The topological polar surface area (TPSA) is 44.1 Å². The minimum atomic E-state index is -0.198. The van der Waals surface area contributed by atoms with Crippen LogP contribution in [0.15, 0.2) is 18.2 Å². The first kappa shape index (κ1) is 14.3. The second kappa shape index (κ2) is 6.87. The van der Waals surface area contributed by atoms with Crippen LogP contribution in [0.4, 0.5) is 4.39 Å². The van der Waals surface area contributed by atoms with E-state index in [9.17, 15) is 9.18 Å². The number of benzene rings is 1. The van der Waals surface area contributed by atoms with E-state index in [0.717, 1.165) is 12.0 Å². The van der Waals surface area contributed by atoms with E-state index in [1.54, 1.807) is 13.0 Å². The minimum absolute atomic E-state index is 0.0417. The van der Waals surface area contributed by atoms with Crippen LogP contribution in [0.2, 0.25) is 0 Å². The maximum Gasteiger partial charge on any atom is 0.160 e. The van der Waals surface area contributed by atoms with E-state index in [4.69, 9.17) is 5.26 Å². The van der Waals surface area contributed by atoms with E-state index in [0.29, 0.717) is 12.1 Å². The highest BCUT2D eigenvalue weighted by Crippen LogP contribution is 2.10. The number of nitrogens with zero attached hydrogens (tertiary/aromatic N) is 2. The monoisotopic (exact) mass is 248 g/mol. The van der Waals surface area contributed by atoms with Gasteiger partial charge in [-0.1, -0.05) is 12.1 Å². The number of hydrogen-bond acceptors (Lipinski definition) is 3. The fraction of sp³-hybridized carbons (Fsp3) is 0.429. The van der Waals surface area contributed by atoms with Gasteiger partial charge in [0.2, 0.25) is 0 Å². The molecular weight excluding hydrogens is 231 g/mol. The van der Waals surface area contributed by atoms with Crippen LogP contribution in [-0.2, 0) is 11.2 Å². The molecule has 0 saturated carbocycles. The van der Waals surface area contributed by atoms with Gasteiger partial charge in [0.05, 0.1) is 19.0 Å². The van der Waals surface area contributed by atoms with E-state index < -0.39 is 0 Å². The molecule has 0 spiro atoms. The zero-order valence-corrected chi connectivity index (χ0v) is 10.7. The van der Waals surface area contributed by atoms with E-state index in [1.807, 2.05) is 24.1 Å². The lowest BCUT2D eigenvalue weighted by Gasteiger charge is -2.15. The maximum absolute atomic E-state index is 13.1. The van der Waals surface area contributed by atoms with Gasteiger partial charge in [-0.2, -0.15) is 5.26 Å². The van der Waals surface area contributed by atoms with Crippen LogP contribution in [0.1, 0.15) is 17.5 Å². The average molecular weight is 248 g/mol.